The van der Waals surface area contributed by atoms with E-state index in [0.29, 0.717) is 24.0 Å². The molecule has 2 saturated heterocycles. The van der Waals surface area contributed by atoms with Crippen molar-refractivity contribution in [3.05, 3.63) is 54.1 Å². The predicted octanol–water partition coefficient (Wildman–Crippen LogP) is 10.2. The highest BCUT2D eigenvalue weighted by Crippen LogP contribution is 2.35. The maximum Gasteiger partial charge on any atom is 0.410 e. The molecule has 6 fully saturated rings. The minimum absolute atomic E-state index is 0. The molecule has 360 valence electrons. The lowest BCUT2D eigenvalue weighted by Crippen LogP contribution is -2.48. The number of carbonyl (C=O) groups excluding carboxylic acids is 2. The molecule has 2 amide bonds. The van der Waals surface area contributed by atoms with Crippen LogP contribution in [-0.2, 0) is 28.4 Å². The van der Waals surface area contributed by atoms with Crippen molar-refractivity contribution in [3.8, 4) is 0 Å². The summed E-state index contributed by atoms with van der Waals surface area (Å²) in [7, 11) is 0. The number of ether oxygens (including phenoxy) is 2. The van der Waals surface area contributed by atoms with Crippen LogP contribution in [0, 0.1) is 0 Å². The van der Waals surface area contributed by atoms with Gasteiger partial charge >= 0.3 is 12.2 Å². The Kier molecular flexibility index (Phi) is 19.8. The van der Waals surface area contributed by atoms with E-state index in [2.05, 4.69) is 35.1 Å². The van der Waals surface area contributed by atoms with E-state index in [1.807, 2.05) is 63.5 Å². The second-order valence-electron chi connectivity index (χ2n) is 20.1. The Morgan fingerprint density at radius 3 is 1.31 bits per heavy atom. The van der Waals surface area contributed by atoms with Gasteiger partial charge in [0.25, 0.3) is 0 Å². The fourth-order valence-electron chi connectivity index (χ4n) is 8.50. The van der Waals surface area contributed by atoms with Gasteiger partial charge in [0, 0.05) is 93.7 Å². The fourth-order valence-corrected chi connectivity index (χ4v) is 8.64. The van der Waals surface area contributed by atoms with Gasteiger partial charge in [-0.1, -0.05) is 42.2 Å². The maximum absolute atomic E-state index is 12.2. The Balaban J connectivity index is 0.000000169. The van der Waals surface area contributed by atoms with Crippen molar-refractivity contribution in [3.63, 3.8) is 0 Å². The van der Waals surface area contributed by atoms with Gasteiger partial charge in [0.2, 0.25) is 0 Å². The first-order chi connectivity index (χ1) is 30.2. The zero-order valence-corrected chi connectivity index (χ0v) is 39.6. The summed E-state index contributed by atoms with van der Waals surface area (Å²) < 4.78 is 25.2. The molecule has 6 aliphatic rings. The van der Waals surface area contributed by atoms with Crippen molar-refractivity contribution >= 4 is 23.8 Å². The Hall–Kier alpha value is -3.66. The van der Waals surface area contributed by atoms with Crippen molar-refractivity contribution in [2.24, 2.45) is 0 Å². The molecule has 0 unspecified atom stereocenters. The molecular formula is C48H79ClN8O7. The Bertz CT molecular complexity index is 1720. The first-order valence-corrected chi connectivity index (χ1v) is 24.2. The van der Waals surface area contributed by atoms with E-state index in [4.69, 9.17) is 30.1 Å². The van der Waals surface area contributed by atoms with Gasteiger partial charge in [-0.25, -0.2) is 9.59 Å². The third-order valence-corrected chi connectivity index (χ3v) is 12.4. The number of carbonyl (C=O) groups is 2. The van der Waals surface area contributed by atoms with Gasteiger partial charge < -0.3 is 38.2 Å². The van der Waals surface area contributed by atoms with Crippen LogP contribution in [0.4, 0.5) is 9.59 Å². The summed E-state index contributed by atoms with van der Waals surface area (Å²) in [5, 5.41) is 15.2. The quantitative estimate of drug-likeness (QED) is 0.182. The number of alkyl halides is 1. The van der Waals surface area contributed by atoms with E-state index in [1.165, 1.54) is 76.9 Å². The van der Waals surface area contributed by atoms with E-state index >= 15 is 0 Å². The van der Waals surface area contributed by atoms with Crippen LogP contribution in [0.3, 0.4) is 0 Å². The Morgan fingerprint density at radius 1 is 0.594 bits per heavy atom. The summed E-state index contributed by atoms with van der Waals surface area (Å²) in [6, 6.07) is 9.84. The number of likely N-dealkylation sites (tertiary alicyclic amines) is 2. The molecule has 64 heavy (non-hydrogen) atoms. The standard InChI is InChI=1S/C17H27N3O3.C13H24N2O2.C13H20N2O.C4H4ClNO.CH4/c1-17(2,3)23-16(21)19-9-6-15(7-10-19)20(14-4-5-14)12-13-8-11-22-18-13;1-13(2,3)17-12(16)15-8-6-11(7-9-15)14-10-4-5-10;1-2-4-12(5-3-1)15(13-6-7-13)10-11-8-9-16-14-11;5-3-4-1-2-7-6-4;/h8,11,14-15H,4-7,9-10,12H2,1-3H3;10-11,14H,4-9H2,1-3H3;8-9,12-13H,1-7,10H2;1-2H,3H2;1H4. The van der Waals surface area contributed by atoms with Gasteiger partial charge in [-0.2, -0.15) is 0 Å². The molecule has 3 aromatic rings. The predicted molar refractivity (Wildman–Crippen MR) is 248 cm³/mol. The molecule has 16 heteroatoms. The highest BCUT2D eigenvalue weighted by atomic mass is 35.5. The van der Waals surface area contributed by atoms with Crippen molar-refractivity contribution in [2.45, 2.75) is 212 Å². The van der Waals surface area contributed by atoms with Crippen LogP contribution in [0.2, 0.25) is 0 Å². The smallest absolute Gasteiger partial charge is 0.410 e. The van der Waals surface area contributed by atoms with E-state index in [1.54, 1.807) is 18.6 Å². The molecular weight excluding hydrogens is 836 g/mol. The van der Waals surface area contributed by atoms with Crippen molar-refractivity contribution < 1.29 is 32.6 Å². The van der Waals surface area contributed by atoms with Gasteiger partial charge in [-0.15, -0.1) is 11.6 Å². The molecule has 9 rings (SSSR count). The largest absolute Gasteiger partial charge is 0.444 e. The Morgan fingerprint density at radius 2 is 0.969 bits per heavy atom. The number of aromatic nitrogens is 3. The zero-order chi connectivity index (χ0) is 44.8. The van der Waals surface area contributed by atoms with Gasteiger partial charge in [-0.3, -0.25) is 9.80 Å². The van der Waals surface area contributed by atoms with Crippen molar-refractivity contribution in [1.82, 2.24) is 40.4 Å². The average molecular weight is 916 g/mol. The number of piperidine rings is 2. The van der Waals surface area contributed by atoms with E-state index in [0.717, 1.165) is 100 Å². The number of hydrogen-bond acceptors (Lipinski definition) is 13. The molecule has 3 aromatic heterocycles. The van der Waals surface area contributed by atoms with E-state index in [-0.39, 0.29) is 25.2 Å². The van der Waals surface area contributed by atoms with Crippen molar-refractivity contribution in [2.75, 3.05) is 26.2 Å². The van der Waals surface area contributed by atoms with Gasteiger partial charge in [0.15, 0.2) is 0 Å². The van der Waals surface area contributed by atoms with Crippen LogP contribution < -0.4 is 5.32 Å². The highest BCUT2D eigenvalue weighted by molar-refractivity contribution is 6.16. The SMILES string of the molecule is C.CC(C)(C)OC(=O)N1CCC(N(Cc2ccon2)C2CC2)CC1.CC(C)(C)OC(=O)N1CCC(NC2CC2)CC1.ClCc1ccon1.c1cc(CN(C2CCCCC2)C2CC2)no1. The maximum atomic E-state index is 12.2. The average Bonchev–Trinajstić information content (AvgIpc) is 4.24. The van der Waals surface area contributed by atoms with E-state index < -0.39 is 5.60 Å². The number of hydrogen-bond donors (Lipinski definition) is 1. The topological polar surface area (TPSA) is 156 Å². The van der Waals surface area contributed by atoms with Crippen LogP contribution in [0.1, 0.15) is 162 Å². The minimum atomic E-state index is -0.430. The molecule has 15 nitrogen and oxygen atoms in total. The molecule has 4 saturated carbocycles. The second kappa shape index (κ2) is 24.7. The Labute approximate surface area is 387 Å². The normalized spacial score (nSPS) is 20.0. The third kappa shape index (κ3) is 18.3. The van der Waals surface area contributed by atoms with Crippen LogP contribution in [0.15, 0.2) is 50.6 Å². The lowest BCUT2D eigenvalue weighted by atomic mass is 9.94. The number of rotatable bonds is 11. The number of amides is 2. The number of halogens is 1. The summed E-state index contributed by atoms with van der Waals surface area (Å²) in [6.07, 6.45) is 23.5. The molecule has 0 aromatic carbocycles. The molecule has 5 heterocycles. The van der Waals surface area contributed by atoms with Gasteiger partial charge in [-0.05, 0) is 119 Å². The molecule has 2 aliphatic heterocycles. The van der Waals surface area contributed by atoms with Crippen LogP contribution in [-0.4, -0.2) is 121 Å². The minimum Gasteiger partial charge on any atom is -0.444 e. The summed E-state index contributed by atoms with van der Waals surface area (Å²) in [6.45, 7) is 16.5. The lowest BCUT2D eigenvalue weighted by Gasteiger charge is -2.38. The third-order valence-electron chi connectivity index (χ3n) is 12.2. The van der Waals surface area contributed by atoms with E-state index in [9.17, 15) is 9.59 Å². The van der Waals surface area contributed by atoms with Gasteiger partial charge in [0.05, 0.1) is 23.0 Å². The van der Waals surface area contributed by atoms with Crippen LogP contribution in [0.5, 0.6) is 0 Å². The molecule has 4 aliphatic carbocycles. The molecule has 1 N–H and O–H groups in total. The molecule has 0 radical (unpaired) electrons. The lowest BCUT2D eigenvalue weighted by molar-refractivity contribution is 0.0128. The molecule has 0 bridgehead atoms. The first kappa shape index (κ1) is 51.3. The first-order valence-electron chi connectivity index (χ1n) is 23.7. The summed E-state index contributed by atoms with van der Waals surface area (Å²) in [4.78, 5) is 32.9. The van der Waals surface area contributed by atoms with Gasteiger partial charge in [0.1, 0.15) is 30.0 Å². The van der Waals surface area contributed by atoms with Crippen molar-refractivity contribution in [1.29, 1.82) is 0 Å². The fraction of sp³-hybridized carbons (Fsp3) is 0.771. The summed E-state index contributed by atoms with van der Waals surface area (Å²) >= 11 is 5.35. The molecule has 0 spiro atoms. The summed E-state index contributed by atoms with van der Waals surface area (Å²) in [5.74, 6) is 0.427. The number of nitrogens with zero attached hydrogens (tertiary/aromatic N) is 7. The monoisotopic (exact) mass is 915 g/mol. The highest BCUT2D eigenvalue weighted by Gasteiger charge is 2.38. The second-order valence-corrected chi connectivity index (χ2v) is 20.4. The number of nitrogens with one attached hydrogen (secondary N) is 1. The summed E-state index contributed by atoms with van der Waals surface area (Å²) in [5.41, 5.74) is 2.05. The zero-order valence-electron chi connectivity index (χ0n) is 38.9. The van der Waals surface area contributed by atoms with Crippen LogP contribution >= 0.6 is 11.6 Å². The molecule has 0 atom stereocenters. The van der Waals surface area contributed by atoms with Crippen LogP contribution in [0.25, 0.3) is 0 Å².